The number of benzene rings is 1. The van der Waals surface area contributed by atoms with Gasteiger partial charge in [0.15, 0.2) is 11.3 Å². The van der Waals surface area contributed by atoms with Crippen LogP contribution in [0.1, 0.15) is 25.5 Å². The molecule has 8 heteroatoms. The Bertz CT molecular complexity index is 875. The number of oxazole rings is 1. The zero-order valence-electron chi connectivity index (χ0n) is 11.3. The Morgan fingerprint density at radius 3 is 2.90 bits per heavy atom. The predicted molar refractivity (Wildman–Crippen MR) is 76.6 cm³/mol. The largest absolute Gasteiger partial charge is 0.421 e. The number of hydrogen-bond donors (Lipinski definition) is 1. The number of H-pyrrole nitrogens is 1. The monoisotopic (exact) mass is 306 g/mol. The average molecular weight is 307 g/mol. The Kier molecular flexibility index (Phi) is 3.34. The van der Waals surface area contributed by atoms with E-state index in [1.807, 2.05) is 13.8 Å². The van der Waals surface area contributed by atoms with Crippen LogP contribution in [0, 0.1) is 0 Å². The summed E-state index contributed by atoms with van der Waals surface area (Å²) >= 11 is 5.86. The summed E-state index contributed by atoms with van der Waals surface area (Å²) in [5.41, 5.74) is 1.22. The summed E-state index contributed by atoms with van der Waals surface area (Å²) in [6.45, 7) is 3.81. The lowest BCUT2D eigenvalue weighted by Gasteiger charge is -1.98. The van der Waals surface area contributed by atoms with Crippen molar-refractivity contribution < 1.29 is 8.94 Å². The lowest BCUT2D eigenvalue weighted by molar-refractivity contribution is 0.382. The second-order valence-electron chi connectivity index (χ2n) is 4.72. The molecule has 108 valence electrons. The molecule has 0 aliphatic heterocycles. The van der Waals surface area contributed by atoms with Crippen LogP contribution in [-0.4, -0.2) is 10.1 Å². The van der Waals surface area contributed by atoms with Crippen molar-refractivity contribution >= 4 is 34.4 Å². The van der Waals surface area contributed by atoms with Crippen molar-refractivity contribution in [3.05, 3.63) is 39.3 Å². The van der Waals surface area contributed by atoms with Gasteiger partial charge in [-0.05, 0) is 18.1 Å². The van der Waals surface area contributed by atoms with Gasteiger partial charge in [0.05, 0.1) is 5.69 Å². The molecule has 0 saturated carbocycles. The fraction of sp³-hybridized carbons (Fsp3) is 0.231. The van der Waals surface area contributed by atoms with Gasteiger partial charge in [-0.15, -0.1) is 5.11 Å². The van der Waals surface area contributed by atoms with E-state index in [9.17, 15) is 4.79 Å². The van der Waals surface area contributed by atoms with E-state index in [0.717, 1.165) is 0 Å². The van der Waals surface area contributed by atoms with E-state index in [1.54, 1.807) is 18.2 Å². The summed E-state index contributed by atoms with van der Waals surface area (Å²) in [6.07, 6.45) is 0. The van der Waals surface area contributed by atoms with E-state index in [2.05, 4.69) is 20.4 Å². The minimum absolute atomic E-state index is 0.0440. The van der Waals surface area contributed by atoms with Gasteiger partial charge in [0.2, 0.25) is 0 Å². The molecular weight excluding hydrogens is 296 g/mol. The zero-order valence-corrected chi connectivity index (χ0v) is 12.0. The van der Waals surface area contributed by atoms with E-state index >= 15 is 0 Å². The van der Waals surface area contributed by atoms with Crippen molar-refractivity contribution in [1.29, 1.82) is 0 Å². The van der Waals surface area contributed by atoms with E-state index in [1.165, 1.54) is 0 Å². The maximum absolute atomic E-state index is 11.6. The minimum Gasteiger partial charge on any atom is -0.421 e. The Labute approximate surface area is 123 Å². The summed E-state index contributed by atoms with van der Waals surface area (Å²) < 4.78 is 10.1. The van der Waals surface area contributed by atoms with Crippen molar-refractivity contribution in [2.45, 2.75) is 19.8 Å². The number of aromatic nitrogens is 2. The third-order valence-corrected chi connectivity index (χ3v) is 3.09. The standard InChI is InChI=1S/C13H11ClN4O3/c1-6(2)10-11(12(19)21-18-10)16-17-13-15-8-4-3-7(14)5-9(8)20-13/h3-6,18H,1-2H3. The molecule has 0 fully saturated rings. The average Bonchev–Trinajstić information content (AvgIpc) is 2.99. The normalized spacial score (nSPS) is 12.0. The van der Waals surface area contributed by atoms with Gasteiger partial charge >= 0.3 is 11.6 Å². The summed E-state index contributed by atoms with van der Waals surface area (Å²) in [7, 11) is 0. The summed E-state index contributed by atoms with van der Waals surface area (Å²) in [5, 5.41) is 10.8. The molecule has 2 heterocycles. The molecule has 0 radical (unpaired) electrons. The first kappa shape index (κ1) is 13.6. The van der Waals surface area contributed by atoms with Crippen LogP contribution in [0.25, 0.3) is 11.1 Å². The summed E-state index contributed by atoms with van der Waals surface area (Å²) in [6, 6.07) is 5.09. The highest BCUT2D eigenvalue weighted by Gasteiger charge is 2.15. The van der Waals surface area contributed by atoms with Crippen molar-refractivity contribution in [3.63, 3.8) is 0 Å². The van der Waals surface area contributed by atoms with Gasteiger partial charge in [-0.3, -0.25) is 0 Å². The molecule has 1 N–H and O–H groups in total. The van der Waals surface area contributed by atoms with Crippen LogP contribution in [0.4, 0.5) is 11.7 Å². The molecule has 2 aromatic heterocycles. The van der Waals surface area contributed by atoms with Crippen molar-refractivity contribution in [1.82, 2.24) is 10.1 Å². The molecule has 0 aliphatic carbocycles. The van der Waals surface area contributed by atoms with Gasteiger partial charge in [0.1, 0.15) is 5.52 Å². The fourth-order valence-corrected chi connectivity index (χ4v) is 1.98. The second kappa shape index (κ2) is 5.17. The SMILES string of the molecule is CC(C)c1[nH]oc(=O)c1N=Nc1nc2ccc(Cl)cc2o1. The van der Waals surface area contributed by atoms with E-state index in [4.69, 9.17) is 20.5 Å². The first-order valence-corrected chi connectivity index (χ1v) is 6.61. The highest BCUT2D eigenvalue weighted by atomic mass is 35.5. The molecule has 3 aromatic rings. The van der Waals surface area contributed by atoms with Crippen LogP contribution in [0.3, 0.4) is 0 Å². The van der Waals surface area contributed by atoms with E-state index < -0.39 is 5.63 Å². The second-order valence-corrected chi connectivity index (χ2v) is 5.15. The van der Waals surface area contributed by atoms with Crippen LogP contribution >= 0.6 is 11.6 Å². The van der Waals surface area contributed by atoms with Crippen molar-refractivity contribution in [3.8, 4) is 0 Å². The third kappa shape index (κ3) is 2.59. The number of fused-ring (bicyclic) bond motifs is 1. The smallest absolute Gasteiger partial charge is 0.384 e. The maximum atomic E-state index is 11.6. The number of nitrogens with one attached hydrogen (secondary N) is 1. The topological polar surface area (TPSA) is 96.8 Å². The van der Waals surface area contributed by atoms with Crippen LogP contribution < -0.4 is 5.63 Å². The molecule has 21 heavy (non-hydrogen) atoms. The molecule has 3 rings (SSSR count). The fourth-order valence-electron chi connectivity index (χ4n) is 1.82. The molecule has 0 amide bonds. The molecule has 0 bridgehead atoms. The number of nitrogens with zero attached hydrogens (tertiary/aromatic N) is 3. The van der Waals surface area contributed by atoms with E-state index in [0.29, 0.717) is 21.8 Å². The van der Waals surface area contributed by atoms with Crippen LogP contribution in [0.15, 0.2) is 42.2 Å². The molecule has 7 nitrogen and oxygen atoms in total. The zero-order chi connectivity index (χ0) is 15.0. The number of azo groups is 1. The molecule has 0 spiro atoms. The van der Waals surface area contributed by atoms with Gasteiger partial charge in [-0.2, -0.15) is 4.98 Å². The Hall–Kier alpha value is -2.41. The van der Waals surface area contributed by atoms with Gasteiger partial charge in [0, 0.05) is 11.1 Å². The van der Waals surface area contributed by atoms with Gasteiger partial charge < -0.3 is 8.94 Å². The van der Waals surface area contributed by atoms with Gasteiger partial charge in [-0.1, -0.05) is 30.6 Å². The predicted octanol–water partition coefficient (Wildman–Crippen LogP) is 4.30. The van der Waals surface area contributed by atoms with E-state index in [-0.39, 0.29) is 17.6 Å². The van der Waals surface area contributed by atoms with Gasteiger partial charge in [0.25, 0.3) is 0 Å². The van der Waals surface area contributed by atoms with Crippen LogP contribution in [-0.2, 0) is 0 Å². The summed E-state index contributed by atoms with van der Waals surface area (Å²) in [4.78, 5) is 15.7. The quantitative estimate of drug-likeness (QED) is 0.729. The number of halogens is 1. The number of hydrogen-bond acceptors (Lipinski definition) is 6. The molecule has 0 atom stereocenters. The maximum Gasteiger partial charge on any atom is 0.384 e. The Morgan fingerprint density at radius 2 is 2.14 bits per heavy atom. The lowest BCUT2D eigenvalue weighted by atomic mass is 10.1. The van der Waals surface area contributed by atoms with Crippen LogP contribution in [0.5, 0.6) is 0 Å². The number of rotatable bonds is 3. The number of aromatic amines is 1. The van der Waals surface area contributed by atoms with Gasteiger partial charge in [-0.25, -0.2) is 9.95 Å². The molecule has 0 unspecified atom stereocenters. The first-order valence-electron chi connectivity index (χ1n) is 6.24. The third-order valence-electron chi connectivity index (χ3n) is 2.85. The van der Waals surface area contributed by atoms with Crippen molar-refractivity contribution in [2.75, 3.05) is 0 Å². The highest BCUT2D eigenvalue weighted by Crippen LogP contribution is 2.26. The highest BCUT2D eigenvalue weighted by molar-refractivity contribution is 6.31. The lowest BCUT2D eigenvalue weighted by Crippen LogP contribution is -1.93. The van der Waals surface area contributed by atoms with Crippen LogP contribution in [0.2, 0.25) is 5.02 Å². The molecule has 0 aliphatic rings. The molecule has 1 aromatic carbocycles. The Balaban J connectivity index is 1.98. The molecular formula is C13H11ClN4O3. The first-order chi connectivity index (χ1) is 10.0. The Morgan fingerprint density at radius 1 is 1.33 bits per heavy atom. The molecule has 0 saturated heterocycles. The minimum atomic E-state index is -0.582. The van der Waals surface area contributed by atoms with Crippen molar-refractivity contribution in [2.24, 2.45) is 10.2 Å². The summed E-state index contributed by atoms with van der Waals surface area (Å²) in [5.74, 6) is 0.0489.